The van der Waals surface area contributed by atoms with Gasteiger partial charge >= 0.3 is 5.97 Å². The van der Waals surface area contributed by atoms with Gasteiger partial charge in [0.05, 0.1) is 37.8 Å². The van der Waals surface area contributed by atoms with Crippen LogP contribution < -0.4 is 14.4 Å². The number of methoxy groups -OCH3 is 1. The van der Waals surface area contributed by atoms with Gasteiger partial charge in [0.2, 0.25) is 10.0 Å². The molecular formula is C27H29FN2O6S. The Morgan fingerprint density at radius 1 is 0.973 bits per heavy atom. The van der Waals surface area contributed by atoms with E-state index in [-0.39, 0.29) is 17.8 Å². The van der Waals surface area contributed by atoms with Gasteiger partial charge in [0, 0.05) is 16.8 Å². The summed E-state index contributed by atoms with van der Waals surface area (Å²) in [5, 5.41) is 2.76. The maximum absolute atomic E-state index is 13.4. The fourth-order valence-corrected chi connectivity index (χ4v) is 4.37. The average molecular weight is 529 g/mol. The van der Waals surface area contributed by atoms with Crippen LogP contribution in [0.3, 0.4) is 0 Å². The van der Waals surface area contributed by atoms with Crippen molar-refractivity contribution in [2.45, 2.75) is 26.3 Å². The van der Waals surface area contributed by atoms with Crippen molar-refractivity contribution in [2.24, 2.45) is 0 Å². The van der Waals surface area contributed by atoms with Crippen LogP contribution in [0.4, 0.5) is 15.8 Å². The van der Waals surface area contributed by atoms with E-state index in [4.69, 9.17) is 9.47 Å². The maximum Gasteiger partial charge on any atom is 0.338 e. The summed E-state index contributed by atoms with van der Waals surface area (Å²) in [6.07, 6.45) is 2.75. The molecule has 37 heavy (non-hydrogen) atoms. The number of halogens is 1. The molecule has 0 unspecified atom stereocenters. The normalized spacial score (nSPS) is 11.0. The number of esters is 1. The Morgan fingerprint density at radius 3 is 2.22 bits per heavy atom. The lowest BCUT2D eigenvalue weighted by Crippen LogP contribution is -2.29. The Bertz CT molecular complexity index is 1340. The number of carbonyl (C=O) groups is 2. The smallest absolute Gasteiger partial charge is 0.338 e. The van der Waals surface area contributed by atoms with Crippen LogP contribution in [-0.2, 0) is 21.3 Å². The zero-order valence-corrected chi connectivity index (χ0v) is 21.7. The number of benzene rings is 3. The molecule has 10 heteroatoms. The summed E-state index contributed by atoms with van der Waals surface area (Å²) < 4.78 is 50.1. The summed E-state index contributed by atoms with van der Waals surface area (Å²) in [7, 11) is -2.30. The number of hydrogen-bond donors (Lipinski definition) is 1. The topological polar surface area (TPSA) is 102 Å². The van der Waals surface area contributed by atoms with Crippen LogP contribution in [0.15, 0.2) is 66.7 Å². The summed E-state index contributed by atoms with van der Waals surface area (Å²) in [6, 6.07) is 16.1. The number of carbonyl (C=O) groups excluding carboxylic acids is 2. The van der Waals surface area contributed by atoms with Gasteiger partial charge in [-0.05, 0) is 73.2 Å². The molecule has 1 N–H and O–H groups in total. The highest BCUT2D eigenvalue weighted by Crippen LogP contribution is 2.27. The van der Waals surface area contributed by atoms with E-state index in [9.17, 15) is 22.4 Å². The zero-order valence-electron chi connectivity index (χ0n) is 20.9. The first-order valence-corrected chi connectivity index (χ1v) is 13.5. The SMILES string of the molecule is CCCCOC(=O)c1ccc(NC(=O)c2ccc(OC)c(CN(c3ccc(F)cc3)S(C)(=O)=O)c2)cc1. The van der Waals surface area contributed by atoms with E-state index < -0.39 is 27.7 Å². The molecule has 0 radical (unpaired) electrons. The fourth-order valence-electron chi connectivity index (χ4n) is 3.49. The standard InChI is InChI=1S/C27H29FN2O6S/c1-4-5-16-36-27(32)19-6-11-23(12-7-19)29-26(31)20-8-15-25(35-2)21(17-20)18-30(37(3,33)34)24-13-9-22(28)10-14-24/h6-15,17H,4-5,16,18H2,1-3H3,(H,29,31). The van der Waals surface area contributed by atoms with Crippen molar-refractivity contribution >= 4 is 33.3 Å². The molecular weight excluding hydrogens is 499 g/mol. The highest BCUT2D eigenvalue weighted by atomic mass is 32.2. The summed E-state index contributed by atoms with van der Waals surface area (Å²) in [5.74, 6) is -0.967. The summed E-state index contributed by atoms with van der Waals surface area (Å²) in [5.41, 5.74) is 1.83. The number of anilines is 2. The monoisotopic (exact) mass is 528 g/mol. The van der Waals surface area contributed by atoms with Gasteiger partial charge in [0.25, 0.3) is 5.91 Å². The van der Waals surface area contributed by atoms with E-state index in [1.807, 2.05) is 6.92 Å². The van der Waals surface area contributed by atoms with Gasteiger partial charge < -0.3 is 14.8 Å². The van der Waals surface area contributed by atoms with Crippen LogP contribution in [0.1, 0.15) is 46.0 Å². The lowest BCUT2D eigenvalue weighted by Gasteiger charge is -2.24. The number of amides is 1. The van der Waals surface area contributed by atoms with E-state index >= 15 is 0 Å². The Balaban J connectivity index is 1.79. The molecule has 0 saturated heterocycles. The molecule has 0 aliphatic heterocycles. The summed E-state index contributed by atoms with van der Waals surface area (Å²) in [4.78, 5) is 25.0. The van der Waals surface area contributed by atoms with Crippen LogP contribution in [0, 0.1) is 5.82 Å². The molecule has 1 amide bonds. The molecule has 0 saturated carbocycles. The van der Waals surface area contributed by atoms with Crippen LogP contribution in [0.25, 0.3) is 0 Å². The third-order valence-corrected chi connectivity index (χ3v) is 6.62. The second-order valence-corrected chi connectivity index (χ2v) is 10.2. The highest BCUT2D eigenvalue weighted by Gasteiger charge is 2.21. The van der Waals surface area contributed by atoms with Gasteiger partial charge in [-0.3, -0.25) is 9.10 Å². The predicted molar refractivity (Wildman–Crippen MR) is 140 cm³/mol. The van der Waals surface area contributed by atoms with Crippen LogP contribution in [0.5, 0.6) is 5.75 Å². The van der Waals surface area contributed by atoms with E-state index in [0.717, 1.165) is 23.4 Å². The lowest BCUT2D eigenvalue weighted by molar-refractivity contribution is 0.0499. The van der Waals surface area contributed by atoms with Gasteiger partial charge in [-0.1, -0.05) is 13.3 Å². The number of ether oxygens (including phenoxy) is 2. The van der Waals surface area contributed by atoms with Crippen LogP contribution in [0.2, 0.25) is 0 Å². The van der Waals surface area contributed by atoms with Crippen molar-refractivity contribution in [1.29, 1.82) is 0 Å². The second kappa shape index (κ2) is 12.4. The molecule has 196 valence electrons. The minimum Gasteiger partial charge on any atom is -0.496 e. The molecule has 0 bridgehead atoms. The second-order valence-electron chi connectivity index (χ2n) is 8.29. The predicted octanol–water partition coefficient (Wildman–Crippen LogP) is 5.01. The number of nitrogens with zero attached hydrogens (tertiary/aromatic N) is 1. The molecule has 0 aliphatic carbocycles. The van der Waals surface area contributed by atoms with Crippen LogP contribution in [-0.4, -0.2) is 40.3 Å². The van der Waals surface area contributed by atoms with Crippen molar-refractivity contribution in [3.63, 3.8) is 0 Å². The Hall–Kier alpha value is -3.92. The van der Waals surface area contributed by atoms with Gasteiger partial charge in [0.1, 0.15) is 11.6 Å². The summed E-state index contributed by atoms with van der Waals surface area (Å²) >= 11 is 0. The zero-order chi connectivity index (χ0) is 27.0. The molecule has 0 heterocycles. The van der Waals surface area contributed by atoms with Gasteiger partial charge in [-0.2, -0.15) is 0 Å². The van der Waals surface area contributed by atoms with Crippen LogP contribution >= 0.6 is 0 Å². The molecule has 8 nitrogen and oxygen atoms in total. The minimum atomic E-state index is -3.74. The van der Waals surface area contributed by atoms with Crippen molar-refractivity contribution in [3.05, 3.63) is 89.2 Å². The molecule has 0 spiro atoms. The van der Waals surface area contributed by atoms with E-state index in [0.29, 0.717) is 29.2 Å². The van der Waals surface area contributed by atoms with E-state index in [1.165, 1.54) is 37.4 Å². The first kappa shape index (κ1) is 27.7. The van der Waals surface area contributed by atoms with Crippen molar-refractivity contribution in [1.82, 2.24) is 0 Å². The molecule has 0 fully saturated rings. The third kappa shape index (κ3) is 7.53. The highest BCUT2D eigenvalue weighted by molar-refractivity contribution is 7.92. The Morgan fingerprint density at radius 2 is 1.62 bits per heavy atom. The molecule has 3 rings (SSSR count). The van der Waals surface area contributed by atoms with E-state index in [1.54, 1.807) is 36.4 Å². The van der Waals surface area contributed by atoms with Crippen molar-refractivity contribution in [3.8, 4) is 5.75 Å². The molecule has 3 aromatic rings. The molecule has 0 aromatic heterocycles. The number of nitrogens with one attached hydrogen (secondary N) is 1. The van der Waals surface area contributed by atoms with Gasteiger partial charge in [-0.15, -0.1) is 0 Å². The molecule has 0 atom stereocenters. The van der Waals surface area contributed by atoms with Gasteiger partial charge in [-0.25, -0.2) is 17.6 Å². The van der Waals surface area contributed by atoms with Crippen molar-refractivity contribution in [2.75, 3.05) is 29.6 Å². The third-order valence-electron chi connectivity index (χ3n) is 5.48. The number of hydrogen-bond acceptors (Lipinski definition) is 6. The number of unbranched alkanes of at least 4 members (excludes halogenated alkanes) is 1. The molecule has 3 aromatic carbocycles. The quantitative estimate of drug-likeness (QED) is 0.277. The minimum absolute atomic E-state index is 0.135. The number of sulfonamides is 1. The first-order chi connectivity index (χ1) is 17.6. The van der Waals surface area contributed by atoms with E-state index in [2.05, 4.69) is 5.32 Å². The largest absolute Gasteiger partial charge is 0.496 e. The average Bonchev–Trinajstić information content (AvgIpc) is 2.87. The first-order valence-electron chi connectivity index (χ1n) is 11.6. The Labute approximate surface area is 216 Å². The number of rotatable bonds is 11. The molecule has 0 aliphatic rings. The summed E-state index contributed by atoms with van der Waals surface area (Å²) in [6.45, 7) is 2.22. The maximum atomic E-state index is 13.4. The van der Waals surface area contributed by atoms with Crippen molar-refractivity contribution < 1.29 is 31.9 Å². The lowest BCUT2D eigenvalue weighted by atomic mass is 10.1. The Kier molecular flexibility index (Phi) is 9.24. The fraction of sp³-hybridized carbons (Fsp3) is 0.259. The van der Waals surface area contributed by atoms with Gasteiger partial charge in [0.15, 0.2) is 0 Å².